The third kappa shape index (κ3) is 5.17. The van der Waals surface area contributed by atoms with Gasteiger partial charge in [0.25, 0.3) is 5.91 Å². The van der Waals surface area contributed by atoms with Crippen LogP contribution >= 0.6 is 27.5 Å². The van der Waals surface area contributed by atoms with Crippen molar-refractivity contribution in [3.63, 3.8) is 0 Å². The minimum atomic E-state index is -0.277. The van der Waals surface area contributed by atoms with E-state index in [1.807, 2.05) is 36.4 Å². The van der Waals surface area contributed by atoms with Crippen molar-refractivity contribution in [1.82, 2.24) is 15.3 Å². The molecule has 4 rings (SSSR count). The maximum atomic E-state index is 13.2. The molecule has 1 aliphatic rings. The predicted octanol–water partition coefficient (Wildman–Crippen LogP) is 5.05. The molecule has 4 N–H and O–H groups in total. The maximum Gasteiger partial charge on any atom is 0.272 e. The molecule has 1 aromatic carbocycles. The molecule has 2 atom stereocenters. The van der Waals surface area contributed by atoms with Gasteiger partial charge in [0.2, 0.25) is 0 Å². The Bertz CT molecular complexity index is 1090. The molecule has 3 aromatic rings. The molecular formula is C23H25BrClN5O. The van der Waals surface area contributed by atoms with E-state index in [0.717, 1.165) is 48.6 Å². The molecule has 0 aliphatic heterocycles. The standard InChI is InChI=1S/C23H25BrClN5O/c24-22-17-8-4-12-27-19(17)20(29-16-7-3-6-15(26)10-11-16)21(30-22)23(31)28-13-14-5-1-2-9-18(14)25/h1-2,4-5,8-9,12,15-16,29H,3,6-7,10-11,13,26H2,(H,28,31)/t15-,16-/m0/s1. The summed E-state index contributed by atoms with van der Waals surface area (Å²) in [5, 5.41) is 8.01. The fourth-order valence-electron chi connectivity index (χ4n) is 3.98. The number of nitrogens with zero attached hydrogens (tertiary/aromatic N) is 2. The molecule has 162 valence electrons. The lowest BCUT2D eigenvalue weighted by molar-refractivity contribution is 0.0946. The summed E-state index contributed by atoms with van der Waals surface area (Å²) in [6.45, 7) is 0.315. The Labute approximate surface area is 195 Å². The molecule has 1 aliphatic carbocycles. The third-order valence-electron chi connectivity index (χ3n) is 5.69. The lowest BCUT2D eigenvalue weighted by atomic mass is 10.1. The minimum Gasteiger partial charge on any atom is -0.379 e. The van der Waals surface area contributed by atoms with Gasteiger partial charge in [0.05, 0.1) is 11.2 Å². The third-order valence-corrected chi connectivity index (χ3v) is 6.66. The molecular weight excluding hydrogens is 478 g/mol. The molecule has 0 unspecified atom stereocenters. The van der Waals surface area contributed by atoms with E-state index >= 15 is 0 Å². The number of aromatic nitrogens is 2. The Morgan fingerprint density at radius 2 is 2.00 bits per heavy atom. The van der Waals surface area contributed by atoms with Crippen LogP contribution in [0.3, 0.4) is 0 Å². The van der Waals surface area contributed by atoms with E-state index in [1.165, 1.54) is 0 Å². The first-order chi connectivity index (χ1) is 15.0. The Balaban J connectivity index is 1.65. The van der Waals surface area contributed by atoms with Crippen LogP contribution in [0.25, 0.3) is 10.9 Å². The van der Waals surface area contributed by atoms with Gasteiger partial charge in [-0.15, -0.1) is 0 Å². The van der Waals surface area contributed by atoms with E-state index in [0.29, 0.717) is 27.6 Å². The monoisotopic (exact) mass is 501 g/mol. The largest absolute Gasteiger partial charge is 0.379 e. The van der Waals surface area contributed by atoms with Gasteiger partial charge >= 0.3 is 0 Å². The number of nitrogens with two attached hydrogens (primary N) is 1. The first-order valence-corrected chi connectivity index (χ1v) is 11.7. The lowest BCUT2D eigenvalue weighted by Crippen LogP contribution is -2.28. The zero-order valence-corrected chi connectivity index (χ0v) is 19.4. The van der Waals surface area contributed by atoms with Gasteiger partial charge in [0, 0.05) is 35.2 Å². The molecule has 0 radical (unpaired) electrons. The topological polar surface area (TPSA) is 92.9 Å². The number of nitrogens with one attached hydrogen (secondary N) is 2. The summed E-state index contributed by atoms with van der Waals surface area (Å²) < 4.78 is 0.590. The fraction of sp³-hybridized carbons (Fsp3) is 0.348. The Kier molecular flexibility index (Phi) is 7.05. The van der Waals surface area contributed by atoms with Gasteiger partial charge in [0.15, 0.2) is 5.69 Å². The van der Waals surface area contributed by atoms with Crippen molar-refractivity contribution >= 4 is 50.0 Å². The van der Waals surface area contributed by atoms with Gasteiger partial charge in [-0.25, -0.2) is 4.98 Å². The normalized spacial score (nSPS) is 19.1. The average Bonchev–Trinajstić information content (AvgIpc) is 2.98. The highest BCUT2D eigenvalue weighted by Gasteiger charge is 2.23. The van der Waals surface area contributed by atoms with E-state index in [4.69, 9.17) is 17.3 Å². The summed E-state index contributed by atoms with van der Waals surface area (Å²) in [5.41, 5.74) is 8.71. The quantitative estimate of drug-likeness (QED) is 0.335. The Hall–Kier alpha value is -2.22. The highest BCUT2D eigenvalue weighted by Crippen LogP contribution is 2.32. The van der Waals surface area contributed by atoms with Crippen LogP contribution in [0.2, 0.25) is 5.02 Å². The summed E-state index contributed by atoms with van der Waals surface area (Å²) >= 11 is 9.74. The first-order valence-electron chi connectivity index (χ1n) is 10.5. The van der Waals surface area contributed by atoms with Crippen LogP contribution in [-0.4, -0.2) is 28.0 Å². The number of rotatable bonds is 5. The van der Waals surface area contributed by atoms with Gasteiger partial charge in [-0.1, -0.05) is 29.8 Å². The van der Waals surface area contributed by atoms with Crippen LogP contribution in [0, 0.1) is 0 Å². The van der Waals surface area contributed by atoms with E-state index in [-0.39, 0.29) is 18.0 Å². The summed E-state index contributed by atoms with van der Waals surface area (Å²) in [4.78, 5) is 22.3. The molecule has 0 saturated heterocycles. The van der Waals surface area contributed by atoms with E-state index in [1.54, 1.807) is 6.20 Å². The van der Waals surface area contributed by atoms with Crippen LogP contribution in [0.15, 0.2) is 47.2 Å². The van der Waals surface area contributed by atoms with Crippen molar-refractivity contribution in [2.24, 2.45) is 5.73 Å². The molecule has 2 heterocycles. The fourth-order valence-corrected chi connectivity index (χ4v) is 4.68. The highest BCUT2D eigenvalue weighted by molar-refractivity contribution is 9.10. The molecule has 0 spiro atoms. The number of halogens is 2. The average molecular weight is 503 g/mol. The van der Waals surface area contributed by atoms with Gasteiger partial charge in [-0.2, -0.15) is 0 Å². The number of amides is 1. The number of carbonyl (C=O) groups is 1. The van der Waals surface area contributed by atoms with Crippen LogP contribution in [-0.2, 0) is 6.54 Å². The molecule has 31 heavy (non-hydrogen) atoms. The van der Waals surface area contributed by atoms with Gasteiger partial charge in [0.1, 0.15) is 4.60 Å². The van der Waals surface area contributed by atoms with Crippen LogP contribution in [0.1, 0.15) is 48.2 Å². The van der Waals surface area contributed by atoms with E-state index in [9.17, 15) is 4.79 Å². The Morgan fingerprint density at radius 1 is 1.16 bits per heavy atom. The molecule has 0 bridgehead atoms. The summed E-state index contributed by atoms with van der Waals surface area (Å²) in [7, 11) is 0. The van der Waals surface area contributed by atoms with Crippen molar-refractivity contribution in [3.8, 4) is 0 Å². The number of hydrogen-bond donors (Lipinski definition) is 3. The minimum absolute atomic E-state index is 0.219. The Morgan fingerprint density at radius 3 is 2.84 bits per heavy atom. The number of anilines is 1. The van der Waals surface area contributed by atoms with Gasteiger partial charge < -0.3 is 16.4 Å². The van der Waals surface area contributed by atoms with Crippen molar-refractivity contribution in [2.75, 3.05) is 5.32 Å². The zero-order valence-electron chi connectivity index (χ0n) is 17.1. The summed E-state index contributed by atoms with van der Waals surface area (Å²) in [6, 6.07) is 11.7. The molecule has 2 aromatic heterocycles. The number of fused-ring (bicyclic) bond motifs is 1. The first kappa shape index (κ1) is 22.0. The highest BCUT2D eigenvalue weighted by atomic mass is 79.9. The lowest BCUT2D eigenvalue weighted by Gasteiger charge is -2.21. The van der Waals surface area contributed by atoms with Gasteiger partial charge in [-0.05, 0) is 71.8 Å². The molecule has 1 fully saturated rings. The second-order valence-electron chi connectivity index (χ2n) is 7.91. The second kappa shape index (κ2) is 9.94. The van der Waals surface area contributed by atoms with E-state index in [2.05, 4.69) is 36.5 Å². The SMILES string of the molecule is N[C@H]1CCC[C@H](Nc2c(C(=O)NCc3ccccc3Cl)nc(Br)c3cccnc23)CC1. The summed E-state index contributed by atoms with van der Waals surface area (Å²) in [6.07, 6.45) is 6.73. The van der Waals surface area contributed by atoms with Crippen molar-refractivity contribution in [3.05, 3.63) is 63.5 Å². The maximum absolute atomic E-state index is 13.2. The zero-order chi connectivity index (χ0) is 21.8. The predicted molar refractivity (Wildman–Crippen MR) is 128 cm³/mol. The van der Waals surface area contributed by atoms with Crippen LogP contribution < -0.4 is 16.4 Å². The van der Waals surface area contributed by atoms with Crippen molar-refractivity contribution in [2.45, 2.75) is 50.7 Å². The number of pyridine rings is 2. The molecule has 8 heteroatoms. The number of benzene rings is 1. The number of carbonyl (C=O) groups excluding carboxylic acids is 1. The van der Waals surface area contributed by atoms with Crippen LogP contribution in [0.4, 0.5) is 5.69 Å². The number of hydrogen-bond acceptors (Lipinski definition) is 5. The van der Waals surface area contributed by atoms with E-state index < -0.39 is 0 Å². The molecule has 6 nitrogen and oxygen atoms in total. The molecule has 1 saturated carbocycles. The molecule has 1 amide bonds. The van der Waals surface area contributed by atoms with Crippen LogP contribution in [0.5, 0.6) is 0 Å². The smallest absolute Gasteiger partial charge is 0.272 e. The van der Waals surface area contributed by atoms with Crippen molar-refractivity contribution < 1.29 is 4.79 Å². The van der Waals surface area contributed by atoms with Gasteiger partial charge in [-0.3, -0.25) is 9.78 Å². The summed E-state index contributed by atoms with van der Waals surface area (Å²) in [5.74, 6) is -0.277. The second-order valence-corrected chi connectivity index (χ2v) is 9.07. The van der Waals surface area contributed by atoms with Crippen molar-refractivity contribution in [1.29, 1.82) is 0 Å².